The first kappa shape index (κ1) is 25.8. The number of ether oxygens (including phenoxy) is 1. The number of aromatic nitrogens is 4. The number of nitrogens with one attached hydrogen (secondary N) is 2. The minimum atomic E-state index is -0.199. The van der Waals surface area contributed by atoms with E-state index in [0.29, 0.717) is 34.4 Å². The quantitative estimate of drug-likeness (QED) is 0.362. The molecule has 0 amide bonds. The number of piperidine rings is 1. The molecule has 0 atom stereocenters. The van der Waals surface area contributed by atoms with Crippen LogP contribution >= 0.6 is 0 Å². The SMILES string of the molecule is COc1cncc(-c2cc3cc[nH]c(=O)c3c(Nc3ccc(C4CCN(CCN(C)C)CC4)c(C)c3)n2)n1. The van der Waals surface area contributed by atoms with Crippen LogP contribution in [0.5, 0.6) is 5.88 Å². The molecule has 0 spiro atoms. The zero-order valence-corrected chi connectivity index (χ0v) is 22.5. The summed E-state index contributed by atoms with van der Waals surface area (Å²) in [5, 5.41) is 4.67. The molecule has 0 radical (unpaired) electrons. The molecule has 0 bridgehead atoms. The maximum Gasteiger partial charge on any atom is 0.259 e. The molecular formula is C29H35N7O2. The van der Waals surface area contributed by atoms with Crippen molar-refractivity contribution in [2.45, 2.75) is 25.7 Å². The molecular weight excluding hydrogens is 478 g/mol. The molecule has 3 aromatic heterocycles. The number of H-pyrrole nitrogens is 1. The number of anilines is 2. The van der Waals surface area contributed by atoms with Crippen molar-refractivity contribution >= 4 is 22.3 Å². The van der Waals surface area contributed by atoms with Crippen LogP contribution in [0, 0.1) is 6.92 Å². The van der Waals surface area contributed by atoms with Crippen LogP contribution in [0.4, 0.5) is 11.5 Å². The minimum absolute atomic E-state index is 0.199. The van der Waals surface area contributed by atoms with Gasteiger partial charge in [-0.2, -0.15) is 0 Å². The van der Waals surface area contributed by atoms with Gasteiger partial charge in [-0.1, -0.05) is 6.07 Å². The Morgan fingerprint density at radius 1 is 1.11 bits per heavy atom. The minimum Gasteiger partial charge on any atom is -0.480 e. The van der Waals surface area contributed by atoms with Gasteiger partial charge in [0.25, 0.3) is 5.56 Å². The largest absolute Gasteiger partial charge is 0.480 e. The monoisotopic (exact) mass is 513 g/mol. The summed E-state index contributed by atoms with van der Waals surface area (Å²) >= 11 is 0. The van der Waals surface area contributed by atoms with Crippen molar-refractivity contribution in [3.63, 3.8) is 0 Å². The highest BCUT2D eigenvalue weighted by atomic mass is 16.5. The Bertz CT molecular complexity index is 1480. The van der Waals surface area contributed by atoms with Gasteiger partial charge in [0.05, 0.1) is 30.6 Å². The van der Waals surface area contributed by atoms with Gasteiger partial charge in [-0.05, 0) is 93.6 Å². The van der Waals surface area contributed by atoms with E-state index in [9.17, 15) is 4.79 Å². The van der Waals surface area contributed by atoms with Crippen LogP contribution in [0.15, 0.2) is 53.7 Å². The normalized spacial score (nSPS) is 14.8. The number of likely N-dealkylation sites (tertiary alicyclic amines) is 1. The van der Waals surface area contributed by atoms with Gasteiger partial charge >= 0.3 is 0 Å². The summed E-state index contributed by atoms with van der Waals surface area (Å²) in [6, 6.07) is 10.2. The Kier molecular flexibility index (Phi) is 7.67. The number of pyridine rings is 2. The number of nitrogens with zero attached hydrogens (tertiary/aromatic N) is 5. The zero-order valence-electron chi connectivity index (χ0n) is 22.5. The Balaban J connectivity index is 1.40. The number of methoxy groups -OCH3 is 1. The molecule has 1 fully saturated rings. The van der Waals surface area contributed by atoms with Crippen molar-refractivity contribution in [1.82, 2.24) is 29.7 Å². The third-order valence-electron chi connectivity index (χ3n) is 7.26. The fraction of sp³-hybridized carbons (Fsp3) is 0.379. The van der Waals surface area contributed by atoms with Crippen LogP contribution in [0.3, 0.4) is 0 Å². The summed E-state index contributed by atoms with van der Waals surface area (Å²) in [5.74, 6) is 1.45. The number of aryl methyl sites for hydroxylation is 1. The first-order chi connectivity index (χ1) is 18.4. The molecule has 2 N–H and O–H groups in total. The molecule has 5 rings (SSSR count). The highest BCUT2D eigenvalue weighted by molar-refractivity contribution is 5.94. The summed E-state index contributed by atoms with van der Waals surface area (Å²) in [4.78, 5) is 33.8. The molecule has 4 heterocycles. The number of benzene rings is 1. The first-order valence-electron chi connectivity index (χ1n) is 13.0. The number of fused-ring (bicyclic) bond motifs is 1. The number of likely N-dealkylation sites (N-methyl/N-ethyl adjacent to an activating group) is 1. The standard InChI is InChI=1S/C29H35N7O2/c1-19-15-22(5-6-23(19)20-8-11-36(12-9-20)14-13-35(2)3)32-28-27-21(7-10-31-29(27)37)16-24(34-28)25-17-30-18-26(33-25)38-4/h5-7,10,15-18,20H,8-9,11-14H2,1-4H3,(H,31,37)(H,32,34). The van der Waals surface area contributed by atoms with Crippen LogP contribution in [-0.4, -0.2) is 77.1 Å². The molecule has 1 aliphatic rings. The number of hydrogen-bond donors (Lipinski definition) is 2. The molecule has 9 nitrogen and oxygen atoms in total. The van der Waals surface area contributed by atoms with Crippen LogP contribution in [-0.2, 0) is 0 Å². The van der Waals surface area contributed by atoms with E-state index >= 15 is 0 Å². The fourth-order valence-corrected chi connectivity index (χ4v) is 5.16. The second-order valence-electron chi connectivity index (χ2n) is 10.2. The van der Waals surface area contributed by atoms with Gasteiger partial charge in [0.1, 0.15) is 11.5 Å². The lowest BCUT2D eigenvalue weighted by molar-refractivity contribution is 0.193. The van der Waals surface area contributed by atoms with E-state index in [-0.39, 0.29) is 5.56 Å². The summed E-state index contributed by atoms with van der Waals surface area (Å²) in [5.41, 5.74) is 4.51. The second-order valence-corrected chi connectivity index (χ2v) is 10.2. The molecule has 1 aliphatic heterocycles. The van der Waals surface area contributed by atoms with Gasteiger partial charge in [0, 0.05) is 25.0 Å². The van der Waals surface area contributed by atoms with Crippen LogP contribution in [0.1, 0.15) is 29.9 Å². The second kappa shape index (κ2) is 11.3. The summed E-state index contributed by atoms with van der Waals surface area (Å²) < 4.78 is 5.23. The molecule has 0 saturated carbocycles. The molecule has 38 heavy (non-hydrogen) atoms. The van der Waals surface area contributed by atoms with Crippen molar-refractivity contribution in [1.29, 1.82) is 0 Å². The van der Waals surface area contributed by atoms with Crippen molar-refractivity contribution in [2.24, 2.45) is 0 Å². The first-order valence-corrected chi connectivity index (χ1v) is 13.0. The van der Waals surface area contributed by atoms with Crippen molar-refractivity contribution in [3.05, 3.63) is 70.4 Å². The van der Waals surface area contributed by atoms with E-state index in [1.807, 2.05) is 12.1 Å². The number of hydrogen-bond acceptors (Lipinski definition) is 8. The average molecular weight is 514 g/mol. The van der Waals surface area contributed by atoms with Gasteiger partial charge < -0.3 is 24.8 Å². The molecule has 0 unspecified atom stereocenters. The van der Waals surface area contributed by atoms with Crippen LogP contribution in [0.2, 0.25) is 0 Å². The molecule has 4 aromatic rings. The molecule has 0 aliphatic carbocycles. The number of rotatable bonds is 8. The topological polar surface area (TPSA) is 99.3 Å². The van der Waals surface area contributed by atoms with Gasteiger partial charge in [-0.3, -0.25) is 9.78 Å². The van der Waals surface area contributed by atoms with Crippen molar-refractivity contribution < 1.29 is 4.74 Å². The van der Waals surface area contributed by atoms with Crippen molar-refractivity contribution in [3.8, 4) is 17.3 Å². The maximum absolute atomic E-state index is 12.8. The fourth-order valence-electron chi connectivity index (χ4n) is 5.16. The Hall–Kier alpha value is -3.82. The third kappa shape index (κ3) is 5.69. The van der Waals surface area contributed by atoms with E-state index in [0.717, 1.165) is 37.3 Å². The van der Waals surface area contributed by atoms with Crippen LogP contribution < -0.4 is 15.6 Å². The molecule has 198 valence electrons. The lowest BCUT2D eigenvalue weighted by Gasteiger charge is -2.33. The molecule has 9 heteroatoms. The Labute approximate surface area is 222 Å². The molecule has 1 aromatic carbocycles. The highest BCUT2D eigenvalue weighted by Gasteiger charge is 2.22. The summed E-state index contributed by atoms with van der Waals surface area (Å²) in [6.07, 6.45) is 7.17. The van der Waals surface area contributed by atoms with E-state index < -0.39 is 0 Å². The van der Waals surface area contributed by atoms with Gasteiger partial charge in [0.15, 0.2) is 0 Å². The van der Waals surface area contributed by atoms with Gasteiger partial charge in [-0.15, -0.1) is 0 Å². The predicted molar refractivity (Wildman–Crippen MR) is 151 cm³/mol. The van der Waals surface area contributed by atoms with Crippen LogP contribution in [0.25, 0.3) is 22.2 Å². The highest BCUT2D eigenvalue weighted by Crippen LogP contribution is 2.33. The smallest absolute Gasteiger partial charge is 0.259 e. The number of aromatic amines is 1. The third-order valence-corrected chi connectivity index (χ3v) is 7.26. The van der Waals surface area contributed by atoms with E-state index in [2.05, 4.69) is 69.3 Å². The van der Waals surface area contributed by atoms with E-state index in [4.69, 9.17) is 9.72 Å². The van der Waals surface area contributed by atoms with E-state index in [1.54, 1.807) is 25.7 Å². The van der Waals surface area contributed by atoms with Gasteiger partial charge in [-0.25, -0.2) is 9.97 Å². The summed E-state index contributed by atoms with van der Waals surface area (Å²) in [6.45, 7) is 6.66. The van der Waals surface area contributed by atoms with Crippen molar-refractivity contribution in [2.75, 3.05) is 52.7 Å². The lowest BCUT2D eigenvalue weighted by atomic mass is 9.86. The predicted octanol–water partition coefficient (Wildman–Crippen LogP) is 4.18. The van der Waals surface area contributed by atoms with Gasteiger partial charge in [0.2, 0.25) is 5.88 Å². The maximum atomic E-state index is 12.8. The molecule has 1 saturated heterocycles. The summed E-state index contributed by atoms with van der Waals surface area (Å²) in [7, 11) is 5.81. The lowest BCUT2D eigenvalue weighted by Crippen LogP contribution is -2.37. The Morgan fingerprint density at radius 2 is 1.92 bits per heavy atom. The zero-order chi connectivity index (χ0) is 26.6. The van der Waals surface area contributed by atoms with E-state index in [1.165, 1.54) is 24.0 Å². The average Bonchev–Trinajstić information content (AvgIpc) is 2.92. The Morgan fingerprint density at radius 3 is 2.66 bits per heavy atom.